The lowest BCUT2D eigenvalue weighted by Crippen LogP contribution is -2.11. The fourth-order valence-electron chi connectivity index (χ4n) is 3.19. The van der Waals surface area contributed by atoms with E-state index in [1.807, 2.05) is 45.9 Å². The van der Waals surface area contributed by atoms with Gasteiger partial charge in [-0.1, -0.05) is 12.1 Å². The molecule has 4 nitrogen and oxygen atoms in total. The van der Waals surface area contributed by atoms with Crippen molar-refractivity contribution in [3.05, 3.63) is 51.6 Å². The maximum absolute atomic E-state index is 13.1. The highest BCUT2D eigenvalue weighted by Gasteiger charge is 2.22. The summed E-state index contributed by atoms with van der Waals surface area (Å²) in [5, 5.41) is 0. The Balaban J connectivity index is 0.00000176. The molecule has 0 atom stereocenters. The lowest BCUT2D eigenvalue weighted by atomic mass is 9.91. The molecular weight excluding hydrogens is 570 g/mol. The van der Waals surface area contributed by atoms with Crippen molar-refractivity contribution in [2.75, 3.05) is 21.3 Å². The van der Waals surface area contributed by atoms with Crippen molar-refractivity contribution in [3.63, 3.8) is 0 Å². The minimum Gasteiger partial charge on any atom is -0.493 e. The van der Waals surface area contributed by atoms with Crippen LogP contribution in [0.25, 0.3) is 0 Å². The number of methoxy groups -OCH3 is 3. The molecule has 27 heavy (non-hydrogen) atoms. The molecule has 0 fully saturated rings. The number of halogens is 2. The van der Waals surface area contributed by atoms with E-state index in [-0.39, 0.29) is 12.2 Å². The first-order valence-corrected chi connectivity index (χ1v) is 14.7. The Morgan fingerprint density at radius 1 is 0.852 bits per heavy atom. The maximum atomic E-state index is 13.1. The number of hydrogen-bond acceptors (Lipinski definition) is 4. The molecule has 0 N–H and O–H groups in total. The summed E-state index contributed by atoms with van der Waals surface area (Å²) in [5.41, 5.74) is 5.68. The van der Waals surface area contributed by atoms with E-state index in [1.54, 1.807) is 21.3 Å². The number of carbonyl (C=O) groups excluding carboxylic acids is 1. The van der Waals surface area contributed by atoms with Crippen LogP contribution in [0, 0.1) is 27.7 Å². The molecule has 6 heteroatoms. The first kappa shape index (κ1) is 24.0. The Morgan fingerprint density at radius 3 is 1.93 bits per heavy atom. The first-order chi connectivity index (χ1) is 12.8. The van der Waals surface area contributed by atoms with E-state index < -0.39 is 0 Å². The Morgan fingerprint density at radius 2 is 1.41 bits per heavy atom. The number of Topliss-reactive ketones (excluding diaryl/α,β-unsaturated/α-hetero) is 1. The minimum atomic E-state index is 0.0762. The normalized spacial score (nSPS) is 9.96. The largest absolute Gasteiger partial charge is 0.493 e. The third-order valence-corrected chi connectivity index (χ3v) is 4.72. The van der Waals surface area contributed by atoms with E-state index in [0.29, 0.717) is 17.2 Å². The molecule has 0 bridgehead atoms. The van der Waals surface area contributed by atoms with Crippen LogP contribution in [0.3, 0.4) is 0 Å². The highest BCUT2D eigenvalue weighted by Crippen LogP contribution is 2.42. The molecule has 0 aromatic heterocycles. The molecule has 0 aliphatic heterocycles. The summed E-state index contributed by atoms with van der Waals surface area (Å²) in [7, 11) is 4.73. The fraction of sp³-hybridized carbons (Fsp3) is 0.381. The van der Waals surface area contributed by atoms with Crippen LogP contribution in [0.2, 0.25) is 0 Å². The number of carbonyl (C=O) groups is 1. The third-order valence-electron chi connectivity index (χ3n) is 4.72. The van der Waals surface area contributed by atoms with Crippen LogP contribution in [-0.2, 0) is 6.42 Å². The molecule has 2 aromatic rings. The van der Waals surface area contributed by atoms with Crippen molar-refractivity contribution in [1.82, 2.24) is 0 Å². The number of ketones is 1. The number of aryl methyl sites for hydroxylation is 3. The molecule has 2 aromatic carbocycles. The van der Waals surface area contributed by atoms with Crippen molar-refractivity contribution in [1.29, 1.82) is 0 Å². The van der Waals surface area contributed by atoms with E-state index in [2.05, 4.69) is 37.2 Å². The second-order valence-corrected chi connectivity index (χ2v) is 6.24. The van der Waals surface area contributed by atoms with Crippen LogP contribution in [0.4, 0.5) is 0 Å². The third kappa shape index (κ3) is 5.28. The van der Waals surface area contributed by atoms with Gasteiger partial charge in [-0.05, 0) is 56.0 Å². The molecule has 0 saturated heterocycles. The van der Waals surface area contributed by atoms with Gasteiger partial charge in [-0.2, -0.15) is 0 Å². The van der Waals surface area contributed by atoms with Gasteiger partial charge in [0.25, 0.3) is 0 Å². The van der Waals surface area contributed by atoms with Gasteiger partial charge in [0.1, 0.15) is 0 Å². The smallest absolute Gasteiger partial charge is 0.203 e. The van der Waals surface area contributed by atoms with Gasteiger partial charge in [-0.15, -0.1) is 0 Å². The van der Waals surface area contributed by atoms with Gasteiger partial charge in [0.15, 0.2) is 17.3 Å². The van der Waals surface area contributed by atoms with Gasteiger partial charge >= 0.3 is 0 Å². The molecule has 0 amide bonds. The molecule has 2 rings (SSSR count). The molecule has 0 unspecified atom stereocenters. The quantitative estimate of drug-likeness (QED) is 0.297. The summed E-state index contributed by atoms with van der Waals surface area (Å²) in [5.74, 6) is 1.73. The predicted octanol–water partition coefficient (Wildman–Crippen LogP) is 6.14. The van der Waals surface area contributed by atoms with Gasteiger partial charge in [-0.3, -0.25) is 4.79 Å². The molecule has 0 saturated carbocycles. The lowest BCUT2D eigenvalue weighted by Gasteiger charge is -2.19. The highest BCUT2D eigenvalue weighted by molar-refractivity contribution is 15.0. The van der Waals surface area contributed by atoms with Crippen molar-refractivity contribution >= 4 is 43.0 Å². The highest BCUT2D eigenvalue weighted by atomic mass is 128. The second-order valence-electron chi connectivity index (χ2n) is 6.24. The SMILES string of the molecule is COc1cc(C)c(CC(=O)c2c(C)ccc(C)c2C)c(OC)c1OC.II. The molecule has 148 valence electrons. The van der Waals surface area contributed by atoms with E-state index in [0.717, 1.165) is 33.4 Å². The van der Waals surface area contributed by atoms with Gasteiger partial charge in [0, 0.05) is 54.8 Å². The summed E-state index contributed by atoms with van der Waals surface area (Å²) in [6.45, 7) is 7.93. The number of rotatable bonds is 6. The summed E-state index contributed by atoms with van der Waals surface area (Å²) in [6.07, 6.45) is 0.250. The van der Waals surface area contributed by atoms with Gasteiger partial charge in [-0.25, -0.2) is 0 Å². The van der Waals surface area contributed by atoms with Crippen molar-refractivity contribution in [2.24, 2.45) is 0 Å². The van der Waals surface area contributed by atoms with Crippen LogP contribution < -0.4 is 14.2 Å². The van der Waals surface area contributed by atoms with E-state index in [1.165, 1.54) is 0 Å². The summed E-state index contributed by atoms with van der Waals surface area (Å²) in [6, 6.07) is 5.91. The average molecular weight is 596 g/mol. The monoisotopic (exact) mass is 596 g/mol. The lowest BCUT2D eigenvalue weighted by molar-refractivity contribution is 0.0990. The van der Waals surface area contributed by atoms with Crippen molar-refractivity contribution < 1.29 is 19.0 Å². The second kappa shape index (κ2) is 11.1. The van der Waals surface area contributed by atoms with E-state index in [9.17, 15) is 4.79 Å². The molecular formula is C21H26I2O4. The predicted molar refractivity (Wildman–Crippen MR) is 128 cm³/mol. The topological polar surface area (TPSA) is 44.8 Å². The zero-order chi connectivity index (χ0) is 20.7. The summed E-state index contributed by atoms with van der Waals surface area (Å²) < 4.78 is 16.4. The van der Waals surface area contributed by atoms with Crippen LogP contribution in [0.15, 0.2) is 18.2 Å². The zero-order valence-corrected chi connectivity index (χ0v) is 21.1. The standard InChI is InChI=1S/C21H26O4.I2/c1-12-8-9-13(2)19(15(12)4)17(22)11-16-14(3)10-18(23-5)21(25-7)20(16)24-6;1-2/h8-10H,11H2,1-7H3;. The molecule has 0 spiro atoms. The Hall–Kier alpha value is -1.03. The van der Waals surface area contributed by atoms with E-state index in [4.69, 9.17) is 14.2 Å². The van der Waals surface area contributed by atoms with E-state index >= 15 is 0 Å². The Kier molecular flexibility index (Phi) is 9.86. The fourth-order valence-corrected chi connectivity index (χ4v) is 3.19. The number of ether oxygens (including phenoxy) is 3. The molecule has 0 aliphatic rings. The van der Waals surface area contributed by atoms with Gasteiger partial charge < -0.3 is 14.2 Å². The molecule has 0 radical (unpaired) electrons. The first-order valence-electron chi connectivity index (χ1n) is 8.38. The summed E-state index contributed by atoms with van der Waals surface area (Å²) >= 11 is 4.24. The van der Waals surface area contributed by atoms with Gasteiger partial charge in [0.05, 0.1) is 21.3 Å². The Labute approximate surface area is 185 Å². The summed E-state index contributed by atoms with van der Waals surface area (Å²) in [4.78, 5) is 13.1. The van der Waals surface area contributed by atoms with Crippen LogP contribution in [0.1, 0.15) is 38.2 Å². The average Bonchev–Trinajstić information content (AvgIpc) is 2.67. The Bertz CT molecular complexity index is 817. The minimum absolute atomic E-state index is 0.0762. The van der Waals surface area contributed by atoms with Crippen molar-refractivity contribution in [2.45, 2.75) is 34.1 Å². The maximum Gasteiger partial charge on any atom is 0.203 e. The van der Waals surface area contributed by atoms with Crippen LogP contribution >= 0.6 is 37.2 Å². The van der Waals surface area contributed by atoms with Gasteiger partial charge in [0.2, 0.25) is 5.75 Å². The number of benzene rings is 2. The number of hydrogen-bond donors (Lipinski definition) is 0. The van der Waals surface area contributed by atoms with Crippen LogP contribution in [-0.4, -0.2) is 27.1 Å². The molecule has 0 heterocycles. The van der Waals surface area contributed by atoms with Crippen LogP contribution in [0.5, 0.6) is 17.2 Å². The zero-order valence-electron chi connectivity index (χ0n) is 16.8. The van der Waals surface area contributed by atoms with Crippen molar-refractivity contribution in [3.8, 4) is 17.2 Å². The molecule has 0 aliphatic carbocycles.